The van der Waals surface area contributed by atoms with E-state index in [1.54, 1.807) is 0 Å². The van der Waals surface area contributed by atoms with Gasteiger partial charge in [0.1, 0.15) is 0 Å². The average Bonchev–Trinajstić information content (AvgIpc) is 2.34. The highest BCUT2D eigenvalue weighted by atomic mass is 16.2. The first-order valence-electron chi connectivity index (χ1n) is 6.63. The van der Waals surface area contributed by atoms with Crippen LogP contribution in [0.25, 0.3) is 0 Å². The van der Waals surface area contributed by atoms with E-state index in [1.807, 2.05) is 52.2 Å². The van der Waals surface area contributed by atoms with Gasteiger partial charge in [0.2, 0.25) is 5.91 Å². The number of carbonyl (C=O) groups excluding carboxylic acids is 1. The molecule has 4 nitrogen and oxygen atoms in total. The van der Waals surface area contributed by atoms with Gasteiger partial charge in [-0.3, -0.25) is 4.79 Å². The second-order valence-corrected chi connectivity index (χ2v) is 5.66. The molecule has 106 valence electrons. The first-order chi connectivity index (χ1) is 8.84. The predicted octanol–water partition coefficient (Wildman–Crippen LogP) is 1.61. The number of nitrogen functional groups attached to an aromatic ring is 1. The minimum atomic E-state index is -0.536. The molecule has 1 rings (SSSR count). The van der Waals surface area contributed by atoms with Crippen molar-refractivity contribution >= 4 is 11.6 Å². The summed E-state index contributed by atoms with van der Waals surface area (Å²) < 4.78 is 0. The van der Waals surface area contributed by atoms with Gasteiger partial charge in [0.25, 0.3) is 0 Å². The average molecular weight is 263 g/mol. The van der Waals surface area contributed by atoms with Gasteiger partial charge < -0.3 is 16.0 Å². The van der Waals surface area contributed by atoms with Gasteiger partial charge in [-0.15, -0.1) is 0 Å². The number of carbonyl (C=O) groups is 1. The van der Waals surface area contributed by atoms with Crippen molar-refractivity contribution in [2.75, 3.05) is 32.9 Å². The molecule has 1 aromatic rings. The molecule has 0 aromatic heterocycles. The summed E-state index contributed by atoms with van der Waals surface area (Å²) in [6.45, 7) is 5.54. The lowest BCUT2D eigenvalue weighted by molar-refractivity contribution is -0.125. The van der Waals surface area contributed by atoms with Crippen molar-refractivity contribution in [2.45, 2.75) is 25.7 Å². The first kappa shape index (κ1) is 15.5. The van der Waals surface area contributed by atoms with Gasteiger partial charge in [-0.1, -0.05) is 12.1 Å². The summed E-state index contributed by atoms with van der Waals surface area (Å²) in [6.07, 6.45) is 0.955. The van der Waals surface area contributed by atoms with Crippen molar-refractivity contribution in [2.24, 2.45) is 0 Å². The van der Waals surface area contributed by atoms with Crippen LogP contribution in [0.2, 0.25) is 0 Å². The molecule has 0 atom stereocenters. The molecule has 0 fully saturated rings. The Morgan fingerprint density at radius 3 is 2.37 bits per heavy atom. The van der Waals surface area contributed by atoms with Crippen LogP contribution in [0.15, 0.2) is 24.3 Å². The smallest absolute Gasteiger partial charge is 0.230 e. The maximum Gasteiger partial charge on any atom is 0.230 e. The number of amides is 1. The molecular formula is C15H25N3O. The predicted molar refractivity (Wildman–Crippen MR) is 80.1 cm³/mol. The number of nitrogens with two attached hydrogens (primary N) is 1. The molecule has 0 aliphatic heterocycles. The normalized spacial score (nSPS) is 11.6. The van der Waals surface area contributed by atoms with E-state index >= 15 is 0 Å². The van der Waals surface area contributed by atoms with Gasteiger partial charge in [0, 0.05) is 12.2 Å². The first-order valence-corrected chi connectivity index (χ1v) is 6.63. The molecule has 19 heavy (non-hydrogen) atoms. The number of hydrogen-bond acceptors (Lipinski definition) is 3. The van der Waals surface area contributed by atoms with E-state index in [0.29, 0.717) is 12.2 Å². The monoisotopic (exact) mass is 263 g/mol. The molecule has 0 saturated heterocycles. The highest BCUT2D eigenvalue weighted by molar-refractivity contribution is 5.87. The van der Waals surface area contributed by atoms with Crippen LogP contribution in [0.5, 0.6) is 0 Å². The lowest BCUT2D eigenvalue weighted by Crippen LogP contribution is -2.41. The molecule has 0 heterocycles. The Labute approximate surface area is 116 Å². The van der Waals surface area contributed by atoms with E-state index in [4.69, 9.17) is 5.73 Å². The Morgan fingerprint density at radius 2 is 1.84 bits per heavy atom. The lowest BCUT2D eigenvalue weighted by Gasteiger charge is -2.24. The third-order valence-electron chi connectivity index (χ3n) is 3.27. The Morgan fingerprint density at radius 1 is 1.26 bits per heavy atom. The van der Waals surface area contributed by atoms with E-state index in [2.05, 4.69) is 10.2 Å². The topological polar surface area (TPSA) is 58.4 Å². The molecular weight excluding hydrogens is 238 g/mol. The van der Waals surface area contributed by atoms with Crippen LogP contribution in [-0.4, -0.2) is 38.0 Å². The molecule has 0 unspecified atom stereocenters. The standard InChI is InChI=1S/C15H25N3O/c1-15(2,12-6-8-13(16)9-7-12)14(19)17-10-5-11-18(3)4/h6-9H,5,10-11,16H2,1-4H3,(H,17,19). The van der Waals surface area contributed by atoms with Crippen molar-refractivity contribution < 1.29 is 4.79 Å². The third kappa shape index (κ3) is 4.56. The summed E-state index contributed by atoms with van der Waals surface area (Å²) in [6, 6.07) is 7.48. The third-order valence-corrected chi connectivity index (χ3v) is 3.27. The Balaban J connectivity index is 2.56. The van der Waals surface area contributed by atoms with Gasteiger partial charge in [0.15, 0.2) is 0 Å². The zero-order valence-electron chi connectivity index (χ0n) is 12.4. The molecule has 0 bridgehead atoms. The maximum atomic E-state index is 12.2. The highest BCUT2D eigenvalue weighted by Crippen LogP contribution is 2.24. The molecule has 3 N–H and O–H groups in total. The SMILES string of the molecule is CN(C)CCCNC(=O)C(C)(C)c1ccc(N)cc1. The van der Waals surface area contributed by atoms with Crippen molar-refractivity contribution in [1.29, 1.82) is 0 Å². The number of rotatable bonds is 6. The Kier molecular flexibility index (Phi) is 5.36. The number of nitrogens with one attached hydrogen (secondary N) is 1. The fourth-order valence-corrected chi connectivity index (χ4v) is 1.85. The van der Waals surface area contributed by atoms with Crippen LogP contribution >= 0.6 is 0 Å². The molecule has 0 saturated carbocycles. The molecule has 4 heteroatoms. The number of benzene rings is 1. The van der Waals surface area contributed by atoms with Crippen molar-refractivity contribution in [3.05, 3.63) is 29.8 Å². The van der Waals surface area contributed by atoms with E-state index in [1.165, 1.54) is 0 Å². The number of hydrogen-bond donors (Lipinski definition) is 2. The number of nitrogens with zero attached hydrogens (tertiary/aromatic N) is 1. The van der Waals surface area contributed by atoms with Crippen molar-refractivity contribution in [3.63, 3.8) is 0 Å². The Hall–Kier alpha value is -1.55. The second kappa shape index (κ2) is 6.57. The van der Waals surface area contributed by atoms with Gasteiger partial charge in [-0.2, -0.15) is 0 Å². The zero-order valence-corrected chi connectivity index (χ0v) is 12.4. The summed E-state index contributed by atoms with van der Waals surface area (Å²) in [5.74, 6) is 0.0519. The van der Waals surface area contributed by atoms with Crippen LogP contribution in [0.4, 0.5) is 5.69 Å². The van der Waals surface area contributed by atoms with Crippen LogP contribution in [-0.2, 0) is 10.2 Å². The number of anilines is 1. The summed E-state index contributed by atoms with van der Waals surface area (Å²) >= 11 is 0. The molecule has 1 aromatic carbocycles. The van der Waals surface area contributed by atoms with E-state index < -0.39 is 5.41 Å². The molecule has 0 aliphatic carbocycles. The van der Waals surface area contributed by atoms with E-state index in [9.17, 15) is 4.79 Å². The largest absolute Gasteiger partial charge is 0.399 e. The molecule has 0 radical (unpaired) electrons. The van der Waals surface area contributed by atoms with Crippen LogP contribution in [0.3, 0.4) is 0 Å². The minimum absolute atomic E-state index is 0.0519. The summed E-state index contributed by atoms with van der Waals surface area (Å²) in [7, 11) is 4.06. The van der Waals surface area contributed by atoms with Gasteiger partial charge in [-0.05, 0) is 58.6 Å². The maximum absolute atomic E-state index is 12.2. The fourth-order valence-electron chi connectivity index (χ4n) is 1.85. The lowest BCUT2D eigenvalue weighted by atomic mass is 9.83. The summed E-state index contributed by atoms with van der Waals surface area (Å²) in [5.41, 5.74) is 6.82. The van der Waals surface area contributed by atoms with Crippen LogP contribution in [0, 0.1) is 0 Å². The van der Waals surface area contributed by atoms with Gasteiger partial charge in [0.05, 0.1) is 5.41 Å². The molecule has 0 spiro atoms. The minimum Gasteiger partial charge on any atom is -0.399 e. The van der Waals surface area contributed by atoms with E-state index in [-0.39, 0.29) is 5.91 Å². The van der Waals surface area contributed by atoms with E-state index in [0.717, 1.165) is 18.5 Å². The van der Waals surface area contributed by atoms with Crippen LogP contribution in [0.1, 0.15) is 25.8 Å². The molecule has 0 aliphatic rings. The second-order valence-electron chi connectivity index (χ2n) is 5.66. The zero-order chi connectivity index (χ0) is 14.5. The van der Waals surface area contributed by atoms with Crippen molar-refractivity contribution in [1.82, 2.24) is 10.2 Å². The summed E-state index contributed by atoms with van der Waals surface area (Å²) in [4.78, 5) is 14.3. The quantitative estimate of drug-likeness (QED) is 0.605. The van der Waals surface area contributed by atoms with Gasteiger partial charge >= 0.3 is 0 Å². The van der Waals surface area contributed by atoms with Crippen LogP contribution < -0.4 is 11.1 Å². The Bertz CT molecular complexity index is 410. The molecule has 1 amide bonds. The van der Waals surface area contributed by atoms with Crippen molar-refractivity contribution in [3.8, 4) is 0 Å². The van der Waals surface area contributed by atoms with Gasteiger partial charge in [-0.25, -0.2) is 0 Å². The summed E-state index contributed by atoms with van der Waals surface area (Å²) in [5, 5.41) is 2.99. The fraction of sp³-hybridized carbons (Fsp3) is 0.533. The highest BCUT2D eigenvalue weighted by Gasteiger charge is 2.29.